The zero-order valence-corrected chi connectivity index (χ0v) is 16.9. The molecule has 3 rings (SSSR count). The number of aromatic nitrogens is 2. The van der Waals surface area contributed by atoms with E-state index in [2.05, 4.69) is 21.4 Å². The molecule has 1 amide bonds. The van der Waals surface area contributed by atoms with Gasteiger partial charge in [0.1, 0.15) is 5.69 Å². The minimum Gasteiger partial charge on any atom is -0.348 e. The maximum atomic E-state index is 12.2. The van der Waals surface area contributed by atoms with Crippen molar-refractivity contribution in [2.75, 3.05) is 6.54 Å². The van der Waals surface area contributed by atoms with Crippen molar-refractivity contribution in [3.8, 4) is 0 Å². The molecular formula is C16H20Cl2N4OS2. The minimum atomic E-state index is -0.141. The van der Waals surface area contributed by atoms with Crippen LogP contribution in [0.1, 0.15) is 27.4 Å². The molecule has 0 spiro atoms. The Hall–Kier alpha value is -1.25. The lowest BCUT2D eigenvalue weighted by atomic mass is 10.2. The number of rotatable bonds is 6. The Labute approximate surface area is 166 Å². The summed E-state index contributed by atoms with van der Waals surface area (Å²) in [4.78, 5) is 21.1. The molecule has 3 aromatic rings. The van der Waals surface area contributed by atoms with E-state index < -0.39 is 0 Å². The number of benzene rings is 1. The second kappa shape index (κ2) is 10.0. The highest BCUT2D eigenvalue weighted by Crippen LogP contribution is 2.22. The molecule has 5 nitrogen and oxygen atoms in total. The summed E-state index contributed by atoms with van der Waals surface area (Å²) >= 11 is 3.14. The van der Waals surface area contributed by atoms with Gasteiger partial charge in [-0.25, -0.2) is 9.97 Å². The average Bonchev–Trinajstić information content (AvgIpc) is 3.13. The van der Waals surface area contributed by atoms with Crippen molar-refractivity contribution in [3.05, 3.63) is 45.4 Å². The van der Waals surface area contributed by atoms with Crippen molar-refractivity contribution < 1.29 is 4.79 Å². The summed E-state index contributed by atoms with van der Waals surface area (Å²) in [5, 5.41) is 6.70. The quantitative estimate of drug-likeness (QED) is 0.641. The third-order valence-corrected chi connectivity index (χ3v) is 5.31. The number of thiazole rings is 2. The van der Waals surface area contributed by atoms with E-state index in [0.29, 0.717) is 25.1 Å². The van der Waals surface area contributed by atoms with Crippen LogP contribution in [0.15, 0.2) is 29.6 Å². The van der Waals surface area contributed by atoms with Gasteiger partial charge in [0.05, 0.1) is 20.2 Å². The van der Waals surface area contributed by atoms with Gasteiger partial charge in [-0.05, 0) is 25.6 Å². The summed E-state index contributed by atoms with van der Waals surface area (Å²) in [5.41, 5.74) is 6.98. The maximum Gasteiger partial charge on any atom is 0.270 e. The molecule has 0 aliphatic heterocycles. The SMILES string of the molecule is CC(Cc1nc2ccccc2s1)NC(=O)c1csc(CCN)n1.Cl.Cl. The third-order valence-electron chi connectivity index (χ3n) is 3.34. The van der Waals surface area contributed by atoms with Gasteiger partial charge in [-0.2, -0.15) is 0 Å². The Bertz CT molecular complexity index is 788. The van der Waals surface area contributed by atoms with Gasteiger partial charge >= 0.3 is 0 Å². The first-order chi connectivity index (χ1) is 11.2. The largest absolute Gasteiger partial charge is 0.348 e. The third kappa shape index (κ3) is 5.62. The Morgan fingerprint density at radius 2 is 2.00 bits per heavy atom. The lowest BCUT2D eigenvalue weighted by molar-refractivity contribution is 0.0935. The molecule has 0 saturated carbocycles. The molecule has 0 radical (unpaired) electrons. The highest BCUT2D eigenvalue weighted by atomic mass is 35.5. The van der Waals surface area contributed by atoms with Gasteiger partial charge in [-0.1, -0.05) is 12.1 Å². The number of hydrogen-bond donors (Lipinski definition) is 2. The van der Waals surface area contributed by atoms with Crippen LogP contribution in [0.25, 0.3) is 10.2 Å². The molecular weight excluding hydrogens is 399 g/mol. The predicted molar refractivity (Wildman–Crippen MR) is 110 cm³/mol. The van der Waals surface area contributed by atoms with E-state index in [0.717, 1.165) is 15.5 Å². The Kier molecular flexibility index (Phi) is 8.75. The van der Waals surface area contributed by atoms with E-state index in [-0.39, 0.29) is 36.8 Å². The Morgan fingerprint density at radius 1 is 1.24 bits per heavy atom. The first-order valence-corrected chi connectivity index (χ1v) is 9.15. The molecule has 0 bridgehead atoms. The normalized spacial score (nSPS) is 11.4. The molecule has 0 saturated heterocycles. The smallest absolute Gasteiger partial charge is 0.270 e. The molecule has 0 aliphatic carbocycles. The number of carbonyl (C=O) groups is 1. The molecule has 0 aliphatic rings. The van der Waals surface area contributed by atoms with Gasteiger partial charge in [0.25, 0.3) is 5.91 Å². The molecule has 1 atom stereocenters. The van der Waals surface area contributed by atoms with Crippen LogP contribution in [0.2, 0.25) is 0 Å². The van der Waals surface area contributed by atoms with Gasteiger partial charge in [0.2, 0.25) is 0 Å². The summed E-state index contributed by atoms with van der Waals surface area (Å²) in [7, 11) is 0. The van der Waals surface area contributed by atoms with Crippen LogP contribution in [0.4, 0.5) is 0 Å². The highest BCUT2D eigenvalue weighted by molar-refractivity contribution is 7.18. The molecule has 1 unspecified atom stereocenters. The van der Waals surface area contributed by atoms with Crippen molar-refractivity contribution in [1.29, 1.82) is 0 Å². The van der Waals surface area contributed by atoms with Gasteiger partial charge in [-0.3, -0.25) is 4.79 Å². The van der Waals surface area contributed by atoms with Crippen molar-refractivity contribution >= 4 is 63.6 Å². The van der Waals surface area contributed by atoms with Crippen LogP contribution in [-0.2, 0) is 12.8 Å². The van der Waals surface area contributed by atoms with Crippen molar-refractivity contribution in [2.45, 2.75) is 25.8 Å². The molecule has 9 heteroatoms. The molecule has 1 aromatic carbocycles. The molecule has 136 valence electrons. The van der Waals surface area contributed by atoms with Crippen LogP contribution in [0.5, 0.6) is 0 Å². The average molecular weight is 419 g/mol. The van der Waals surface area contributed by atoms with Crippen molar-refractivity contribution in [1.82, 2.24) is 15.3 Å². The molecule has 2 heterocycles. The molecule has 3 N–H and O–H groups in total. The first-order valence-electron chi connectivity index (χ1n) is 7.45. The zero-order chi connectivity index (χ0) is 16.2. The summed E-state index contributed by atoms with van der Waals surface area (Å²) in [6, 6.07) is 8.07. The maximum absolute atomic E-state index is 12.2. The molecule has 0 fully saturated rings. The summed E-state index contributed by atoms with van der Waals surface area (Å²) < 4.78 is 1.17. The fourth-order valence-corrected chi connectivity index (χ4v) is 4.16. The number of amides is 1. The van der Waals surface area contributed by atoms with Crippen molar-refractivity contribution in [2.24, 2.45) is 5.73 Å². The van der Waals surface area contributed by atoms with Crippen LogP contribution in [-0.4, -0.2) is 28.5 Å². The van der Waals surface area contributed by atoms with Gasteiger partial charge in [0.15, 0.2) is 0 Å². The minimum absolute atomic E-state index is 0. The van der Waals surface area contributed by atoms with Gasteiger partial charge in [0, 0.05) is 24.3 Å². The van der Waals surface area contributed by atoms with Crippen LogP contribution < -0.4 is 11.1 Å². The second-order valence-corrected chi connectivity index (χ2v) is 7.38. The highest BCUT2D eigenvalue weighted by Gasteiger charge is 2.15. The van der Waals surface area contributed by atoms with Crippen LogP contribution in [0, 0.1) is 0 Å². The number of nitrogens with one attached hydrogen (secondary N) is 1. The summed E-state index contributed by atoms with van der Waals surface area (Å²) in [6.07, 6.45) is 1.42. The fourth-order valence-electron chi connectivity index (χ4n) is 2.27. The lowest BCUT2D eigenvalue weighted by Gasteiger charge is -2.11. The molecule has 2 aromatic heterocycles. The Balaban J connectivity index is 0.00000156. The number of fused-ring (bicyclic) bond motifs is 1. The van der Waals surface area contributed by atoms with Crippen molar-refractivity contribution in [3.63, 3.8) is 0 Å². The standard InChI is InChI=1S/C16H18N4OS2.2ClH/c1-10(8-15-19-11-4-2-3-5-13(11)23-15)18-16(21)12-9-22-14(20-12)6-7-17;;/h2-5,9-10H,6-8,17H2,1H3,(H,18,21);2*1H. The number of carbonyl (C=O) groups excluding carboxylic acids is 1. The monoisotopic (exact) mass is 418 g/mol. The second-order valence-electron chi connectivity index (χ2n) is 5.32. The van der Waals surface area contributed by atoms with E-state index in [1.54, 1.807) is 16.7 Å². The first kappa shape index (κ1) is 21.8. The number of nitrogens with two attached hydrogens (primary N) is 1. The zero-order valence-electron chi connectivity index (χ0n) is 13.6. The van der Waals surface area contributed by atoms with E-state index >= 15 is 0 Å². The van der Waals surface area contributed by atoms with Gasteiger partial charge < -0.3 is 11.1 Å². The fraction of sp³-hybridized carbons (Fsp3) is 0.312. The predicted octanol–water partition coefficient (Wildman–Crippen LogP) is 3.46. The number of nitrogens with zero attached hydrogens (tertiary/aromatic N) is 2. The van der Waals surface area contributed by atoms with Crippen LogP contribution in [0.3, 0.4) is 0 Å². The summed E-state index contributed by atoms with van der Waals surface area (Å²) in [6.45, 7) is 2.53. The van der Waals surface area contributed by atoms with E-state index in [9.17, 15) is 4.79 Å². The Morgan fingerprint density at radius 3 is 2.72 bits per heavy atom. The van der Waals surface area contributed by atoms with E-state index in [1.165, 1.54) is 16.0 Å². The number of hydrogen-bond acceptors (Lipinski definition) is 6. The number of para-hydroxylation sites is 1. The molecule has 25 heavy (non-hydrogen) atoms. The van der Waals surface area contributed by atoms with Gasteiger partial charge in [-0.15, -0.1) is 47.5 Å². The lowest BCUT2D eigenvalue weighted by Crippen LogP contribution is -2.34. The van der Waals surface area contributed by atoms with E-state index in [1.807, 2.05) is 25.1 Å². The van der Waals surface area contributed by atoms with E-state index in [4.69, 9.17) is 5.73 Å². The summed E-state index contributed by atoms with van der Waals surface area (Å²) in [5.74, 6) is -0.141. The number of halogens is 2. The van der Waals surface area contributed by atoms with Crippen LogP contribution >= 0.6 is 47.5 Å². The topological polar surface area (TPSA) is 80.9 Å².